The van der Waals surface area contributed by atoms with E-state index in [9.17, 15) is 0 Å². The number of alkyl halides is 1. The molecule has 0 fully saturated rings. The van der Waals surface area contributed by atoms with Crippen LogP contribution < -0.4 is 4.74 Å². The summed E-state index contributed by atoms with van der Waals surface area (Å²) in [6.07, 6.45) is 0.987. The molecule has 21 heavy (non-hydrogen) atoms. The normalized spacial score (nSPS) is 12.0. The van der Waals surface area contributed by atoms with E-state index in [4.69, 9.17) is 21.1 Å². The SMILES string of the molecule is COCCC(C)(C)Cn1c(CCl)nc2cc(OC)ccc21. The fraction of sp³-hybridized carbons (Fsp3) is 0.562. The van der Waals surface area contributed by atoms with E-state index in [1.807, 2.05) is 18.2 Å². The van der Waals surface area contributed by atoms with Crippen LogP contribution in [-0.4, -0.2) is 30.4 Å². The molecule has 5 heteroatoms. The van der Waals surface area contributed by atoms with Gasteiger partial charge in [0.2, 0.25) is 0 Å². The van der Waals surface area contributed by atoms with E-state index in [1.165, 1.54) is 0 Å². The van der Waals surface area contributed by atoms with E-state index in [2.05, 4.69) is 23.4 Å². The highest BCUT2D eigenvalue weighted by Crippen LogP contribution is 2.29. The number of benzene rings is 1. The zero-order valence-electron chi connectivity index (χ0n) is 13.1. The zero-order valence-corrected chi connectivity index (χ0v) is 13.9. The van der Waals surface area contributed by atoms with Gasteiger partial charge in [0.1, 0.15) is 11.6 Å². The van der Waals surface area contributed by atoms with Crippen LogP contribution in [0.4, 0.5) is 0 Å². The van der Waals surface area contributed by atoms with Crippen LogP contribution in [0, 0.1) is 5.41 Å². The molecule has 2 rings (SSSR count). The molecule has 0 bridgehead atoms. The first-order chi connectivity index (χ1) is 10.0. The van der Waals surface area contributed by atoms with Crippen LogP contribution in [0.3, 0.4) is 0 Å². The van der Waals surface area contributed by atoms with Crippen molar-refractivity contribution in [3.8, 4) is 5.75 Å². The summed E-state index contributed by atoms with van der Waals surface area (Å²) in [6, 6.07) is 5.95. The maximum atomic E-state index is 6.07. The van der Waals surface area contributed by atoms with Gasteiger partial charge in [-0.25, -0.2) is 4.98 Å². The van der Waals surface area contributed by atoms with E-state index < -0.39 is 0 Å². The Morgan fingerprint density at radius 2 is 2.05 bits per heavy atom. The summed E-state index contributed by atoms with van der Waals surface area (Å²) < 4.78 is 12.7. The fourth-order valence-electron chi connectivity index (χ4n) is 2.45. The Kier molecular flexibility index (Phi) is 5.12. The predicted molar refractivity (Wildman–Crippen MR) is 86.1 cm³/mol. The quantitative estimate of drug-likeness (QED) is 0.729. The lowest BCUT2D eigenvalue weighted by Gasteiger charge is -2.26. The molecule has 4 nitrogen and oxygen atoms in total. The Morgan fingerprint density at radius 3 is 2.67 bits per heavy atom. The lowest BCUT2D eigenvalue weighted by Crippen LogP contribution is -2.22. The van der Waals surface area contributed by atoms with Crippen molar-refractivity contribution in [1.82, 2.24) is 9.55 Å². The van der Waals surface area contributed by atoms with Crippen LogP contribution >= 0.6 is 11.6 Å². The summed E-state index contributed by atoms with van der Waals surface area (Å²) in [7, 11) is 3.40. The lowest BCUT2D eigenvalue weighted by atomic mass is 9.89. The molecule has 0 amide bonds. The van der Waals surface area contributed by atoms with Gasteiger partial charge >= 0.3 is 0 Å². The molecule has 0 spiro atoms. The lowest BCUT2D eigenvalue weighted by molar-refractivity contribution is 0.143. The van der Waals surface area contributed by atoms with Gasteiger partial charge in [-0.15, -0.1) is 11.6 Å². The molecule has 116 valence electrons. The minimum absolute atomic E-state index is 0.115. The minimum Gasteiger partial charge on any atom is -0.497 e. The Morgan fingerprint density at radius 1 is 1.29 bits per heavy atom. The zero-order chi connectivity index (χ0) is 15.5. The maximum Gasteiger partial charge on any atom is 0.124 e. The summed E-state index contributed by atoms with van der Waals surface area (Å²) in [5, 5.41) is 0. The van der Waals surface area contributed by atoms with Crippen molar-refractivity contribution in [1.29, 1.82) is 0 Å². The Labute approximate surface area is 131 Å². The van der Waals surface area contributed by atoms with Crippen LogP contribution in [-0.2, 0) is 17.2 Å². The van der Waals surface area contributed by atoms with Crippen molar-refractivity contribution in [3.63, 3.8) is 0 Å². The van der Waals surface area contributed by atoms with Gasteiger partial charge < -0.3 is 14.0 Å². The van der Waals surface area contributed by atoms with E-state index in [0.29, 0.717) is 5.88 Å². The largest absolute Gasteiger partial charge is 0.497 e. The van der Waals surface area contributed by atoms with Crippen LogP contribution in [0.5, 0.6) is 5.75 Å². The van der Waals surface area contributed by atoms with Gasteiger partial charge in [0.15, 0.2) is 0 Å². The van der Waals surface area contributed by atoms with Gasteiger partial charge in [-0.05, 0) is 24.0 Å². The van der Waals surface area contributed by atoms with Gasteiger partial charge in [0.05, 0.1) is 24.0 Å². The van der Waals surface area contributed by atoms with Gasteiger partial charge in [-0.2, -0.15) is 0 Å². The number of halogens is 1. The molecule has 0 aliphatic carbocycles. The number of hydrogen-bond acceptors (Lipinski definition) is 3. The number of ether oxygens (including phenoxy) is 2. The van der Waals surface area contributed by atoms with Gasteiger partial charge in [0.25, 0.3) is 0 Å². The molecule has 1 aromatic carbocycles. The third-order valence-corrected chi connectivity index (χ3v) is 3.96. The summed E-state index contributed by atoms with van der Waals surface area (Å²) >= 11 is 6.07. The standard InChI is InChI=1S/C16H23ClN2O2/c1-16(2,7-8-20-3)11-19-14-6-5-12(21-4)9-13(14)18-15(19)10-17/h5-6,9H,7-8,10-11H2,1-4H3. The first kappa shape index (κ1) is 16.1. The van der Waals surface area contributed by atoms with Crippen molar-refractivity contribution in [3.05, 3.63) is 24.0 Å². The molecule has 2 aromatic rings. The van der Waals surface area contributed by atoms with Crippen molar-refractivity contribution in [2.75, 3.05) is 20.8 Å². The van der Waals surface area contributed by atoms with Gasteiger partial charge in [-0.3, -0.25) is 0 Å². The number of rotatable bonds is 7. The smallest absolute Gasteiger partial charge is 0.124 e. The maximum absolute atomic E-state index is 6.07. The third-order valence-electron chi connectivity index (χ3n) is 3.72. The molecule has 1 heterocycles. The monoisotopic (exact) mass is 310 g/mol. The minimum atomic E-state index is 0.115. The fourth-order valence-corrected chi connectivity index (χ4v) is 2.65. The summed E-state index contributed by atoms with van der Waals surface area (Å²) in [4.78, 5) is 4.62. The molecule has 0 aliphatic heterocycles. The van der Waals surface area contributed by atoms with Crippen molar-refractivity contribution < 1.29 is 9.47 Å². The highest BCUT2D eigenvalue weighted by Gasteiger charge is 2.22. The molecule has 0 atom stereocenters. The van der Waals surface area contributed by atoms with Crippen molar-refractivity contribution >= 4 is 22.6 Å². The highest BCUT2D eigenvalue weighted by atomic mass is 35.5. The van der Waals surface area contributed by atoms with E-state index in [1.54, 1.807) is 14.2 Å². The van der Waals surface area contributed by atoms with Gasteiger partial charge in [-0.1, -0.05) is 13.8 Å². The van der Waals surface area contributed by atoms with Crippen LogP contribution in [0.25, 0.3) is 11.0 Å². The van der Waals surface area contributed by atoms with Gasteiger partial charge in [0, 0.05) is 26.3 Å². The summed E-state index contributed by atoms with van der Waals surface area (Å²) in [6.45, 7) is 6.09. The van der Waals surface area contributed by atoms with Crippen LogP contribution in [0.1, 0.15) is 26.1 Å². The number of nitrogens with zero attached hydrogens (tertiary/aromatic N) is 2. The molecule has 0 aliphatic rings. The summed E-state index contributed by atoms with van der Waals surface area (Å²) in [5.74, 6) is 2.11. The van der Waals surface area contributed by atoms with E-state index in [0.717, 1.165) is 42.2 Å². The molecule has 0 unspecified atom stereocenters. The third kappa shape index (κ3) is 3.69. The second-order valence-electron chi connectivity index (χ2n) is 6.01. The van der Waals surface area contributed by atoms with Crippen molar-refractivity contribution in [2.45, 2.75) is 32.7 Å². The number of hydrogen-bond donors (Lipinski definition) is 0. The Hall–Kier alpha value is -1.26. The topological polar surface area (TPSA) is 36.3 Å². The second-order valence-corrected chi connectivity index (χ2v) is 6.28. The number of aromatic nitrogens is 2. The predicted octanol–water partition coefficient (Wildman–Crippen LogP) is 3.85. The molecule has 0 saturated carbocycles. The van der Waals surface area contributed by atoms with Crippen LogP contribution in [0.2, 0.25) is 0 Å². The molecule has 1 aromatic heterocycles. The highest BCUT2D eigenvalue weighted by molar-refractivity contribution is 6.16. The van der Waals surface area contributed by atoms with E-state index in [-0.39, 0.29) is 5.41 Å². The second kappa shape index (κ2) is 6.67. The number of methoxy groups -OCH3 is 2. The van der Waals surface area contributed by atoms with E-state index >= 15 is 0 Å². The molecule has 0 saturated heterocycles. The average Bonchev–Trinajstić information content (AvgIpc) is 2.81. The number of fused-ring (bicyclic) bond motifs is 1. The molecule has 0 radical (unpaired) electrons. The average molecular weight is 311 g/mol. The molecule has 0 N–H and O–H groups in total. The van der Waals surface area contributed by atoms with Crippen LogP contribution in [0.15, 0.2) is 18.2 Å². The summed E-state index contributed by atoms with van der Waals surface area (Å²) in [5.41, 5.74) is 2.13. The Bertz CT molecular complexity index is 608. The first-order valence-corrected chi connectivity index (χ1v) is 7.62. The Balaban J connectivity index is 2.37. The number of imidazole rings is 1. The molecular formula is C16H23ClN2O2. The molecular weight excluding hydrogens is 288 g/mol. The van der Waals surface area contributed by atoms with Crippen molar-refractivity contribution in [2.24, 2.45) is 5.41 Å². The first-order valence-electron chi connectivity index (χ1n) is 7.09.